The van der Waals surface area contributed by atoms with Crippen molar-refractivity contribution in [1.82, 2.24) is 14.5 Å². The number of hydrogen-bond donors (Lipinski definition) is 1. The molecular weight excluding hydrogens is 190 g/mol. The molecule has 4 heteroatoms. The third-order valence-electron chi connectivity index (χ3n) is 2.75. The van der Waals surface area contributed by atoms with Crippen LogP contribution >= 0.6 is 0 Å². The Kier molecular flexibility index (Phi) is 1.74. The Hall–Kier alpha value is -1.84. The first-order valence-electron chi connectivity index (χ1n) is 5.11. The number of aromatic amines is 1. The van der Waals surface area contributed by atoms with Crippen LogP contribution in [0.1, 0.15) is 19.3 Å². The first-order valence-corrected chi connectivity index (χ1v) is 5.11. The summed E-state index contributed by atoms with van der Waals surface area (Å²) in [6.07, 6.45) is 6.97. The van der Waals surface area contributed by atoms with E-state index in [1.807, 2.05) is 12.1 Å². The lowest BCUT2D eigenvalue weighted by atomic mass is 10.3. The van der Waals surface area contributed by atoms with Gasteiger partial charge in [-0.15, -0.1) is 0 Å². The molecule has 4 nitrogen and oxygen atoms in total. The van der Waals surface area contributed by atoms with Crippen LogP contribution in [0.4, 0.5) is 0 Å². The van der Waals surface area contributed by atoms with Gasteiger partial charge in [-0.3, -0.25) is 0 Å². The molecule has 2 aromatic rings. The minimum absolute atomic E-state index is 0.0862. The molecule has 0 aliphatic heterocycles. The molecule has 2 aromatic heterocycles. The monoisotopic (exact) mass is 201 g/mol. The maximum atomic E-state index is 11.8. The smallest absolute Gasteiger partial charge is 0.304 e. The minimum Gasteiger partial charge on any atom is -0.304 e. The van der Waals surface area contributed by atoms with E-state index in [9.17, 15) is 4.79 Å². The summed E-state index contributed by atoms with van der Waals surface area (Å²) in [4.78, 5) is 18.8. The number of aromatic nitrogens is 3. The Morgan fingerprint density at radius 1 is 1.47 bits per heavy atom. The van der Waals surface area contributed by atoms with Crippen molar-refractivity contribution in [2.24, 2.45) is 0 Å². The zero-order valence-electron chi connectivity index (χ0n) is 8.23. The highest BCUT2D eigenvalue weighted by Gasteiger charge is 2.13. The molecule has 0 atom stereocenters. The second-order valence-electron chi connectivity index (χ2n) is 3.73. The summed E-state index contributed by atoms with van der Waals surface area (Å²) in [7, 11) is 0. The fraction of sp³-hybridized carbons (Fsp3) is 0.273. The van der Waals surface area contributed by atoms with Crippen molar-refractivity contribution >= 4 is 16.9 Å². The third kappa shape index (κ3) is 1.21. The molecule has 0 radical (unpaired) electrons. The van der Waals surface area contributed by atoms with Gasteiger partial charge in [-0.1, -0.05) is 6.08 Å². The fourth-order valence-corrected chi connectivity index (χ4v) is 2.06. The zero-order valence-corrected chi connectivity index (χ0v) is 8.23. The molecule has 76 valence electrons. The average Bonchev–Trinajstić information content (AvgIpc) is 2.82. The van der Waals surface area contributed by atoms with Gasteiger partial charge in [-0.05, 0) is 31.4 Å². The number of pyridine rings is 1. The molecule has 1 aliphatic carbocycles. The van der Waals surface area contributed by atoms with Crippen LogP contribution in [0.5, 0.6) is 0 Å². The van der Waals surface area contributed by atoms with Gasteiger partial charge >= 0.3 is 5.69 Å². The van der Waals surface area contributed by atoms with Gasteiger partial charge in [-0.25, -0.2) is 14.3 Å². The molecule has 1 N–H and O–H groups in total. The van der Waals surface area contributed by atoms with Crippen molar-refractivity contribution in [2.75, 3.05) is 0 Å². The summed E-state index contributed by atoms with van der Waals surface area (Å²) in [5, 5.41) is 0. The van der Waals surface area contributed by atoms with Gasteiger partial charge in [0.05, 0.1) is 5.52 Å². The van der Waals surface area contributed by atoms with Gasteiger partial charge in [0.15, 0.2) is 5.65 Å². The molecule has 0 bridgehead atoms. The van der Waals surface area contributed by atoms with Crippen molar-refractivity contribution in [3.05, 3.63) is 34.9 Å². The van der Waals surface area contributed by atoms with E-state index in [4.69, 9.17) is 0 Å². The lowest BCUT2D eigenvalue weighted by molar-refractivity contribution is 0.895. The van der Waals surface area contributed by atoms with E-state index in [-0.39, 0.29) is 5.69 Å². The molecule has 2 heterocycles. The summed E-state index contributed by atoms with van der Waals surface area (Å²) >= 11 is 0. The third-order valence-corrected chi connectivity index (χ3v) is 2.75. The zero-order chi connectivity index (χ0) is 10.3. The summed E-state index contributed by atoms with van der Waals surface area (Å²) in [5.74, 6) is 0. The van der Waals surface area contributed by atoms with Crippen LogP contribution in [0, 0.1) is 0 Å². The summed E-state index contributed by atoms with van der Waals surface area (Å²) in [6, 6.07) is 3.70. The van der Waals surface area contributed by atoms with Gasteiger partial charge < -0.3 is 4.98 Å². The van der Waals surface area contributed by atoms with Crippen molar-refractivity contribution in [2.45, 2.75) is 19.3 Å². The van der Waals surface area contributed by atoms with E-state index in [1.165, 1.54) is 0 Å². The van der Waals surface area contributed by atoms with Crippen molar-refractivity contribution in [1.29, 1.82) is 0 Å². The van der Waals surface area contributed by atoms with Crippen molar-refractivity contribution in [3.8, 4) is 0 Å². The quantitative estimate of drug-likeness (QED) is 0.764. The SMILES string of the molecule is O=c1[nH]c2cccnc2n1C1=CCCC1. The van der Waals surface area contributed by atoms with Crippen LogP contribution in [0.15, 0.2) is 29.2 Å². The molecule has 0 spiro atoms. The van der Waals surface area contributed by atoms with Crippen LogP contribution in [0.25, 0.3) is 16.9 Å². The number of hydrogen-bond acceptors (Lipinski definition) is 2. The largest absolute Gasteiger partial charge is 0.332 e. The Balaban J connectivity index is 2.33. The fourth-order valence-electron chi connectivity index (χ4n) is 2.06. The van der Waals surface area contributed by atoms with E-state index in [0.29, 0.717) is 0 Å². The number of fused-ring (bicyclic) bond motifs is 1. The number of allylic oxidation sites excluding steroid dienone is 2. The first-order chi connectivity index (χ1) is 7.36. The number of H-pyrrole nitrogens is 1. The predicted octanol–water partition coefficient (Wildman–Crippen LogP) is 1.75. The molecule has 0 fully saturated rings. The second-order valence-corrected chi connectivity index (χ2v) is 3.73. The summed E-state index contributed by atoms with van der Waals surface area (Å²) in [6.45, 7) is 0. The van der Waals surface area contributed by atoms with Crippen LogP contribution < -0.4 is 5.69 Å². The van der Waals surface area contributed by atoms with Gasteiger partial charge in [0.25, 0.3) is 0 Å². The molecule has 1 aliphatic rings. The highest BCUT2D eigenvalue weighted by atomic mass is 16.1. The Morgan fingerprint density at radius 3 is 3.20 bits per heavy atom. The van der Waals surface area contributed by atoms with Crippen LogP contribution in [0.3, 0.4) is 0 Å². The van der Waals surface area contributed by atoms with Gasteiger partial charge in [0.1, 0.15) is 0 Å². The Labute approximate surface area is 86.3 Å². The van der Waals surface area contributed by atoms with E-state index >= 15 is 0 Å². The van der Waals surface area contributed by atoms with Crippen LogP contribution in [-0.4, -0.2) is 14.5 Å². The minimum atomic E-state index is -0.0862. The summed E-state index contributed by atoms with van der Waals surface area (Å²) < 4.78 is 1.68. The molecule has 0 unspecified atom stereocenters. The standard InChI is InChI=1S/C11H11N3O/c15-11-13-9-6-3-7-12-10(9)14(11)8-4-1-2-5-8/h3-4,6-7H,1-2,5H2,(H,13,15). The molecule has 3 rings (SSSR count). The van der Waals surface area contributed by atoms with Crippen molar-refractivity contribution < 1.29 is 0 Å². The van der Waals surface area contributed by atoms with Crippen LogP contribution in [0.2, 0.25) is 0 Å². The lowest BCUT2D eigenvalue weighted by Gasteiger charge is -2.01. The first kappa shape index (κ1) is 8.47. The van der Waals surface area contributed by atoms with E-state index in [0.717, 1.165) is 36.1 Å². The Bertz CT molecular complexity index is 591. The van der Waals surface area contributed by atoms with Gasteiger partial charge in [-0.2, -0.15) is 0 Å². The van der Waals surface area contributed by atoms with Gasteiger partial charge in [0, 0.05) is 11.9 Å². The average molecular weight is 201 g/mol. The number of nitrogens with zero attached hydrogens (tertiary/aromatic N) is 2. The number of nitrogens with one attached hydrogen (secondary N) is 1. The molecule has 0 aromatic carbocycles. The number of rotatable bonds is 1. The van der Waals surface area contributed by atoms with E-state index < -0.39 is 0 Å². The van der Waals surface area contributed by atoms with E-state index in [2.05, 4.69) is 16.0 Å². The second kappa shape index (κ2) is 3.08. The van der Waals surface area contributed by atoms with E-state index in [1.54, 1.807) is 10.8 Å². The van der Waals surface area contributed by atoms with Gasteiger partial charge in [0.2, 0.25) is 0 Å². The molecule has 0 saturated carbocycles. The Morgan fingerprint density at radius 2 is 2.40 bits per heavy atom. The predicted molar refractivity (Wildman–Crippen MR) is 58.5 cm³/mol. The maximum Gasteiger partial charge on any atom is 0.332 e. The highest BCUT2D eigenvalue weighted by Crippen LogP contribution is 2.23. The summed E-state index contributed by atoms with van der Waals surface area (Å²) in [5.41, 5.74) is 2.52. The van der Waals surface area contributed by atoms with Crippen molar-refractivity contribution in [3.63, 3.8) is 0 Å². The topological polar surface area (TPSA) is 50.7 Å². The molecule has 15 heavy (non-hydrogen) atoms. The molecular formula is C11H11N3O. The lowest BCUT2D eigenvalue weighted by Crippen LogP contribution is -2.15. The molecule has 0 amide bonds. The van der Waals surface area contributed by atoms with Crippen LogP contribution in [-0.2, 0) is 0 Å². The number of imidazole rings is 1. The maximum absolute atomic E-state index is 11.8. The molecule has 0 saturated heterocycles. The normalized spacial score (nSPS) is 15.9. The highest BCUT2D eigenvalue weighted by molar-refractivity contribution is 5.74.